The third kappa shape index (κ3) is 7.78. The van der Waals surface area contributed by atoms with Crippen LogP contribution >= 0.6 is 0 Å². The lowest BCUT2D eigenvalue weighted by atomic mass is 10.1. The lowest BCUT2D eigenvalue weighted by Crippen LogP contribution is -2.03. The molecule has 2 fully saturated rings. The van der Waals surface area contributed by atoms with E-state index in [0.29, 0.717) is 26.4 Å². The monoisotopic (exact) mass is 586 g/mol. The minimum atomic E-state index is 0.258. The fraction of sp³-hybridized carbons (Fsp3) is 0.211. The highest BCUT2D eigenvalue weighted by Crippen LogP contribution is 2.27. The third-order valence-electron chi connectivity index (χ3n) is 7.59. The van der Waals surface area contributed by atoms with Crippen LogP contribution in [0.5, 0.6) is 23.0 Å². The number of benzene rings is 5. The number of ether oxygens (including phenoxy) is 6. The summed E-state index contributed by atoms with van der Waals surface area (Å²) in [5.41, 5.74) is 6.74. The van der Waals surface area contributed by atoms with Gasteiger partial charge in [0, 0.05) is 0 Å². The molecule has 7 rings (SSSR count). The Balaban J connectivity index is 0.852. The van der Waals surface area contributed by atoms with E-state index >= 15 is 0 Å². The maximum absolute atomic E-state index is 6.03. The Labute approximate surface area is 257 Å². The maximum atomic E-state index is 6.03. The molecule has 222 valence electrons. The minimum Gasteiger partial charge on any atom is -0.491 e. The molecule has 2 atom stereocenters. The van der Waals surface area contributed by atoms with E-state index in [9.17, 15) is 0 Å². The van der Waals surface area contributed by atoms with Gasteiger partial charge in [0.2, 0.25) is 0 Å². The van der Waals surface area contributed by atoms with Crippen molar-refractivity contribution in [3.8, 4) is 45.3 Å². The first-order valence-corrected chi connectivity index (χ1v) is 15.0. The zero-order valence-corrected chi connectivity index (χ0v) is 24.4. The molecule has 2 saturated heterocycles. The molecule has 44 heavy (non-hydrogen) atoms. The van der Waals surface area contributed by atoms with E-state index in [1.807, 2.05) is 48.5 Å². The Kier molecular flexibility index (Phi) is 8.44. The molecule has 2 aliphatic heterocycles. The zero-order valence-electron chi connectivity index (χ0n) is 24.4. The Morgan fingerprint density at radius 1 is 0.386 bits per heavy atom. The molecular weight excluding hydrogens is 552 g/mol. The van der Waals surface area contributed by atoms with E-state index < -0.39 is 0 Å². The summed E-state index contributed by atoms with van der Waals surface area (Å²) in [6.45, 7) is 3.83. The van der Waals surface area contributed by atoms with Crippen molar-refractivity contribution in [3.63, 3.8) is 0 Å². The van der Waals surface area contributed by atoms with Crippen LogP contribution in [0.4, 0.5) is 0 Å². The van der Waals surface area contributed by atoms with E-state index in [0.717, 1.165) is 69.6 Å². The van der Waals surface area contributed by atoms with Crippen LogP contribution in [0.15, 0.2) is 121 Å². The van der Waals surface area contributed by atoms with Crippen molar-refractivity contribution >= 4 is 0 Å². The fourth-order valence-electron chi connectivity index (χ4n) is 4.75. The number of hydrogen-bond acceptors (Lipinski definition) is 6. The standard InChI is InChI=1S/C38H34O6/c1-2-28(22-40-34-15-7-30(8-16-34)32-11-19-36(20-12-32)42-24-38-26-44-38)4-3-27(1)21-39-33-13-5-29(6-14-33)31-9-17-35(18-10-31)41-23-37-25-43-37/h1-20,37-38H,21-26H2. The predicted molar refractivity (Wildman–Crippen MR) is 169 cm³/mol. The molecule has 0 aliphatic carbocycles. The van der Waals surface area contributed by atoms with Crippen LogP contribution in [0.1, 0.15) is 11.1 Å². The molecule has 0 N–H and O–H groups in total. The van der Waals surface area contributed by atoms with E-state index in [4.69, 9.17) is 28.4 Å². The highest BCUT2D eigenvalue weighted by molar-refractivity contribution is 5.65. The molecule has 0 saturated carbocycles. The summed E-state index contributed by atoms with van der Waals surface area (Å²) < 4.78 is 33.9. The van der Waals surface area contributed by atoms with Crippen molar-refractivity contribution in [3.05, 3.63) is 132 Å². The van der Waals surface area contributed by atoms with Crippen molar-refractivity contribution in [1.82, 2.24) is 0 Å². The van der Waals surface area contributed by atoms with Crippen LogP contribution in [0.2, 0.25) is 0 Å². The van der Waals surface area contributed by atoms with Crippen molar-refractivity contribution in [2.75, 3.05) is 26.4 Å². The van der Waals surface area contributed by atoms with Gasteiger partial charge in [0.05, 0.1) is 13.2 Å². The Bertz CT molecular complexity index is 1500. The summed E-state index contributed by atoms with van der Waals surface area (Å²) in [5.74, 6) is 3.39. The number of epoxide rings is 2. The molecular formula is C38H34O6. The van der Waals surface area contributed by atoms with Gasteiger partial charge in [-0.1, -0.05) is 72.8 Å². The van der Waals surface area contributed by atoms with Crippen LogP contribution in [-0.2, 0) is 22.7 Å². The van der Waals surface area contributed by atoms with E-state index in [1.165, 1.54) is 0 Å². The van der Waals surface area contributed by atoms with Gasteiger partial charge < -0.3 is 28.4 Å². The zero-order chi connectivity index (χ0) is 29.6. The molecule has 2 aliphatic rings. The molecule has 0 bridgehead atoms. The van der Waals surface area contributed by atoms with Crippen molar-refractivity contribution < 1.29 is 28.4 Å². The predicted octanol–water partition coefficient (Wildman–Crippen LogP) is 7.73. The smallest absolute Gasteiger partial charge is 0.119 e. The first kappa shape index (κ1) is 28.0. The van der Waals surface area contributed by atoms with Crippen LogP contribution in [-0.4, -0.2) is 38.6 Å². The fourth-order valence-corrected chi connectivity index (χ4v) is 4.75. The summed E-state index contributed by atoms with van der Waals surface area (Å²) in [6.07, 6.45) is 0.515. The molecule has 0 amide bonds. The van der Waals surface area contributed by atoms with E-state index in [2.05, 4.69) is 72.8 Å². The average molecular weight is 587 g/mol. The van der Waals surface area contributed by atoms with Gasteiger partial charge >= 0.3 is 0 Å². The summed E-state index contributed by atoms with van der Waals surface area (Å²) in [6, 6.07) is 40.9. The van der Waals surface area contributed by atoms with Gasteiger partial charge in [-0.3, -0.25) is 0 Å². The highest BCUT2D eigenvalue weighted by Gasteiger charge is 2.23. The van der Waals surface area contributed by atoms with Crippen molar-refractivity contribution in [1.29, 1.82) is 0 Å². The van der Waals surface area contributed by atoms with Gasteiger partial charge in [-0.25, -0.2) is 0 Å². The molecule has 5 aromatic carbocycles. The number of hydrogen-bond donors (Lipinski definition) is 0. The SMILES string of the molecule is c1cc(COc2ccc(-c3ccc(OCC4CO4)cc3)cc2)ccc1COc1ccc(-c2ccc(OCC3CO3)cc2)cc1. The second-order valence-electron chi connectivity index (χ2n) is 11.0. The molecule has 6 heteroatoms. The van der Waals surface area contributed by atoms with Gasteiger partial charge in [0.15, 0.2) is 0 Å². The van der Waals surface area contributed by atoms with Gasteiger partial charge in [-0.15, -0.1) is 0 Å². The Morgan fingerprint density at radius 3 is 0.932 bits per heavy atom. The number of rotatable bonds is 14. The molecule has 5 aromatic rings. The maximum Gasteiger partial charge on any atom is 0.119 e. The van der Waals surface area contributed by atoms with Gasteiger partial charge in [0.1, 0.15) is 61.6 Å². The lowest BCUT2D eigenvalue weighted by Gasteiger charge is -2.10. The second kappa shape index (κ2) is 13.2. The quantitative estimate of drug-likeness (QED) is 0.124. The van der Waals surface area contributed by atoms with Gasteiger partial charge in [-0.2, -0.15) is 0 Å². The molecule has 2 heterocycles. The second-order valence-corrected chi connectivity index (χ2v) is 11.0. The summed E-state index contributed by atoms with van der Waals surface area (Å²) in [4.78, 5) is 0. The van der Waals surface area contributed by atoms with E-state index in [-0.39, 0.29) is 12.2 Å². The van der Waals surface area contributed by atoms with Crippen molar-refractivity contribution in [2.24, 2.45) is 0 Å². The van der Waals surface area contributed by atoms with Crippen molar-refractivity contribution in [2.45, 2.75) is 25.4 Å². The molecule has 2 unspecified atom stereocenters. The highest BCUT2D eigenvalue weighted by atomic mass is 16.6. The van der Waals surface area contributed by atoms with Gasteiger partial charge in [0.25, 0.3) is 0 Å². The van der Waals surface area contributed by atoms with E-state index in [1.54, 1.807) is 0 Å². The topological polar surface area (TPSA) is 62.0 Å². The summed E-state index contributed by atoms with van der Waals surface area (Å²) in [5, 5.41) is 0. The minimum absolute atomic E-state index is 0.258. The lowest BCUT2D eigenvalue weighted by molar-refractivity contribution is 0.263. The molecule has 0 radical (unpaired) electrons. The first-order chi connectivity index (χ1) is 21.7. The largest absolute Gasteiger partial charge is 0.491 e. The van der Waals surface area contributed by atoms with Crippen LogP contribution < -0.4 is 18.9 Å². The van der Waals surface area contributed by atoms with Crippen LogP contribution in [0.3, 0.4) is 0 Å². The van der Waals surface area contributed by atoms with Crippen LogP contribution in [0, 0.1) is 0 Å². The van der Waals surface area contributed by atoms with Gasteiger partial charge in [-0.05, 0) is 81.9 Å². The van der Waals surface area contributed by atoms with Crippen LogP contribution in [0.25, 0.3) is 22.3 Å². The summed E-state index contributed by atoms with van der Waals surface area (Å²) >= 11 is 0. The molecule has 6 nitrogen and oxygen atoms in total. The summed E-state index contributed by atoms with van der Waals surface area (Å²) in [7, 11) is 0. The third-order valence-corrected chi connectivity index (χ3v) is 7.59. The molecule has 0 spiro atoms. The first-order valence-electron chi connectivity index (χ1n) is 15.0. The Hall–Kier alpha value is -4.78. The normalized spacial score (nSPS) is 16.6. The molecule has 0 aromatic heterocycles. The Morgan fingerprint density at radius 2 is 0.659 bits per heavy atom. The average Bonchev–Trinajstić information content (AvgIpc) is 4.02.